The summed E-state index contributed by atoms with van der Waals surface area (Å²) in [4.78, 5) is 26.4. The van der Waals surface area contributed by atoms with Crippen molar-refractivity contribution in [1.29, 1.82) is 0 Å². The zero-order valence-electron chi connectivity index (χ0n) is 8.70. The van der Waals surface area contributed by atoms with Crippen LogP contribution in [-0.4, -0.2) is 23.3 Å². The number of amides is 2. The molecule has 0 spiro atoms. The van der Waals surface area contributed by atoms with E-state index < -0.39 is 11.8 Å². The fourth-order valence-electron chi connectivity index (χ4n) is 1.03. The first-order valence-electron chi connectivity index (χ1n) is 4.66. The summed E-state index contributed by atoms with van der Waals surface area (Å²) in [7, 11) is 0. The lowest BCUT2D eigenvalue weighted by molar-refractivity contribution is -0.136. The number of rotatable bonds is 2. The largest absolute Gasteiger partial charge is 0.348 e. The maximum Gasteiger partial charge on any atom is 0.314 e. The number of pyridine rings is 1. The third kappa shape index (κ3) is 3.38. The number of carbonyl (C=O) groups excluding carboxylic acids is 2. The van der Waals surface area contributed by atoms with Gasteiger partial charge in [-0.25, -0.2) is 4.98 Å². The van der Waals surface area contributed by atoms with Gasteiger partial charge in [0.05, 0.1) is 0 Å². The van der Waals surface area contributed by atoms with Crippen LogP contribution in [0.5, 0.6) is 0 Å². The first kappa shape index (κ1) is 11.2. The molecule has 0 fully saturated rings. The van der Waals surface area contributed by atoms with Gasteiger partial charge < -0.3 is 10.6 Å². The minimum Gasteiger partial charge on any atom is -0.348 e. The van der Waals surface area contributed by atoms with E-state index in [0.29, 0.717) is 12.4 Å². The highest BCUT2D eigenvalue weighted by molar-refractivity contribution is 6.39. The number of likely N-dealkylation sites (N-methyl/N-ethyl adjacent to an activating group) is 1. The number of nitrogens with one attached hydrogen (secondary N) is 2. The van der Waals surface area contributed by atoms with Gasteiger partial charge in [-0.2, -0.15) is 0 Å². The van der Waals surface area contributed by atoms with E-state index in [4.69, 9.17) is 0 Å². The van der Waals surface area contributed by atoms with E-state index in [0.717, 1.165) is 5.69 Å². The maximum atomic E-state index is 11.3. The molecule has 0 bridgehead atoms. The van der Waals surface area contributed by atoms with E-state index in [1.807, 2.05) is 13.0 Å². The van der Waals surface area contributed by atoms with Crippen molar-refractivity contribution in [2.45, 2.75) is 13.8 Å². The lowest BCUT2D eigenvalue weighted by atomic mass is 10.3. The predicted molar refractivity (Wildman–Crippen MR) is 56.3 cm³/mol. The van der Waals surface area contributed by atoms with Gasteiger partial charge in [-0.15, -0.1) is 0 Å². The lowest BCUT2D eigenvalue weighted by Gasteiger charge is -2.04. The molecule has 1 heterocycles. The van der Waals surface area contributed by atoms with Crippen molar-refractivity contribution in [2.75, 3.05) is 11.9 Å². The Morgan fingerprint density at radius 1 is 1.33 bits per heavy atom. The molecule has 0 aliphatic rings. The van der Waals surface area contributed by atoms with Crippen LogP contribution in [0.2, 0.25) is 0 Å². The van der Waals surface area contributed by atoms with Crippen molar-refractivity contribution in [3.8, 4) is 0 Å². The van der Waals surface area contributed by atoms with Crippen LogP contribution in [-0.2, 0) is 9.59 Å². The second-order valence-corrected chi connectivity index (χ2v) is 2.98. The molecule has 2 N–H and O–H groups in total. The van der Waals surface area contributed by atoms with Crippen molar-refractivity contribution < 1.29 is 9.59 Å². The fourth-order valence-corrected chi connectivity index (χ4v) is 1.03. The summed E-state index contributed by atoms with van der Waals surface area (Å²) >= 11 is 0. The monoisotopic (exact) mass is 207 g/mol. The third-order valence-electron chi connectivity index (χ3n) is 1.67. The fraction of sp³-hybridized carbons (Fsp3) is 0.300. The van der Waals surface area contributed by atoms with Gasteiger partial charge in [0.2, 0.25) is 0 Å². The number of nitrogens with zero attached hydrogens (tertiary/aromatic N) is 1. The quantitative estimate of drug-likeness (QED) is 0.692. The second kappa shape index (κ2) is 5.09. The van der Waals surface area contributed by atoms with Gasteiger partial charge in [0.25, 0.3) is 0 Å². The van der Waals surface area contributed by atoms with Gasteiger partial charge in [-0.05, 0) is 26.0 Å². The third-order valence-corrected chi connectivity index (χ3v) is 1.67. The Kier molecular flexibility index (Phi) is 3.79. The van der Waals surface area contributed by atoms with Crippen LogP contribution >= 0.6 is 0 Å². The minimum absolute atomic E-state index is 0.381. The number of hydrogen-bond acceptors (Lipinski definition) is 3. The van der Waals surface area contributed by atoms with Crippen molar-refractivity contribution in [3.05, 3.63) is 23.9 Å². The number of aryl methyl sites for hydroxylation is 1. The molecular weight excluding hydrogens is 194 g/mol. The van der Waals surface area contributed by atoms with Crippen LogP contribution in [0.4, 0.5) is 5.82 Å². The average molecular weight is 207 g/mol. The molecule has 15 heavy (non-hydrogen) atoms. The molecule has 0 saturated heterocycles. The van der Waals surface area contributed by atoms with E-state index in [9.17, 15) is 9.59 Å². The minimum atomic E-state index is -0.699. The van der Waals surface area contributed by atoms with Crippen LogP contribution in [0.3, 0.4) is 0 Å². The molecule has 5 heteroatoms. The summed E-state index contributed by atoms with van der Waals surface area (Å²) in [6.45, 7) is 3.98. The Hall–Kier alpha value is -1.91. The summed E-state index contributed by atoms with van der Waals surface area (Å²) in [5.41, 5.74) is 0.781. The van der Waals surface area contributed by atoms with Crippen LogP contribution in [0.25, 0.3) is 0 Å². The highest BCUT2D eigenvalue weighted by atomic mass is 16.2. The maximum absolute atomic E-state index is 11.3. The van der Waals surface area contributed by atoms with Crippen LogP contribution < -0.4 is 10.6 Å². The van der Waals surface area contributed by atoms with Crippen molar-refractivity contribution in [3.63, 3.8) is 0 Å². The number of anilines is 1. The SMILES string of the molecule is CCNC(=O)C(=O)Nc1cccc(C)n1. The molecule has 2 amide bonds. The summed E-state index contributed by atoms with van der Waals surface area (Å²) in [5, 5.41) is 4.81. The topological polar surface area (TPSA) is 71.1 Å². The number of hydrogen-bond donors (Lipinski definition) is 2. The normalized spacial score (nSPS) is 9.47. The Balaban J connectivity index is 2.62. The summed E-state index contributed by atoms with van der Waals surface area (Å²) < 4.78 is 0. The smallest absolute Gasteiger partial charge is 0.314 e. The number of aromatic nitrogens is 1. The van der Waals surface area contributed by atoms with Gasteiger partial charge in [0.1, 0.15) is 5.82 Å². The Morgan fingerprint density at radius 3 is 2.67 bits per heavy atom. The first-order chi connectivity index (χ1) is 7.13. The molecule has 0 aliphatic carbocycles. The summed E-state index contributed by atoms with van der Waals surface area (Å²) in [5.74, 6) is -0.970. The number of carbonyl (C=O) groups is 2. The van der Waals surface area contributed by atoms with Crippen LogP contribution in [0.15, 0.2) is 18.2 Å². The Morgan fingerprint density at radius 2 is 2.07 bits per heavy atom. The van der Waals surface area contributed by atoms with E-state index in [2.05, 4.69) is 15.6 Å². The van der Waals surface area contributed by atoms with Gasteiger partial charge in [-0.3, -0.25) is 9.59 Å². The summed E-state index contributed by atoms with van der Waals surface area (Å²) in [6.07, 6.45) is 0. The highest BCUT2D eigenvalue weighted by Crippen LogP contribution is 2.03. The molecule has 0 saturated carbocycles. The lowest BCUT2D eigenvalue weighted by Crippen LogP contribution is -2.35. The van der Waals surface area contributed by atoms with Crippen LogP contribution in [0.1, 0.15) is 12.6 Å². The standard InChI is InChI=1S/C10H13N3O2/c1-3-11-9(14)10(15)13-8-6-4-5-7(2)12-8/h4-6H,3H2,1-2H3,(H,11,14)(H,12,13,15). The van der Waals surface area contributed by atoms with E-state index >= 15 is 0 Å². The zero-order valence-corrected chi connectivity index (χ0v) is 8.70. The van der Waals surface area contributed by atoms with E-state index in [1.54, 1.807) is 19.1 Å². The first-order valence-corrected chi connectivity index (χ1v) is 4.66. The van der Waals surface area contributed by atoms with E-state index in [1.165, 1.54) is 0 Å². The summed E-state index contributed by atoms with van der Waals surface area (Å²) in [6, 6.07) is 5.20. The van der Waals surface area contributed by atoms with Gasteiger partial charge in [0.15, 0.2) is 0 Å². The second-order valence-electron chi connectivity index (χ2n) is 2.98. The molecule has 0 radical (unpaired) electrons. The van der Waals surface area contributed by atoms with Gasteiger partial charge >= 0.3 is 11.8 Å². The van der Waals surface area contributed by atoms with Crippen molar-refractivity contribution in [1.82, 2.24) is 10.3 Å². The molecule has 0 aliphatic heterocycles. The van der Waals surface area contributed by atoms with E-state index in [-0.39, 0.29) is 0 Å². The molecular formula is C10H13N3O2. The molecule has 0 aromatic carbocycles. The molecule has 1 aromatic rings. The average Bonchev–Trinajstić information content (AvgIpc) is 2.18. The molecule has 0 atom stereocenters. The molecule has 1 rings (SSSR count). The zero-order chi connectivity index (χ0) is 11.3. The molecule has 5 nitrogen and oxygen atoms in total. The van der Waals surface area contributed by atoms with Crippen molar-refractivity contribution >= 4 is 17.6 Å². The van der Waals surface area contributed by atoms with Gasteiger partial charge in [0, 0.05) is 12.2 Å². The van der Waals surface area contributed by atoms with Gasteiger partial charge in [-0.1, -0.05) is 6.07 Å². The molecule has 0 unspecified atom stereocenters. The molecule has 80 valence electrons. The highest BCUT2D eigenvalue weighted by Gasteiger charge is 2.12. The predicted octanol–water partition coefficient (Wildman–Crippen LogP) is 0.465. The Labute approximate surface area is 87.9 Å². The Bertz CT molecular complexity index is 377. The molecule has 1 aromatic heterocycles. The van der Waals surface area contributed by atoms with Crippen molar-refractivity contribution in [2.24, 2.45) is 0 Å². The van der Waals surface area contributed by atoms with Crippen LogP contribution in [0, 0.1) is 6.92 Å².